The second kappa shape index (κ2) is 4.97. The minimum Gasteiger partial charge on any atom is -0.399 e. The van der Waals surface area contributed by atoms with E-state index in [0.29, 0.717) is 0 Å². The van der Waals surface area contributed by atoms with Crippen molar-refractivity contribution in [3.8, 4) is 11.3 Å². The molecule has 0 fully saturated rings. The molecule has 0 saturated heterocycles. The van der Waals surface area contributed by atoms with Crippen LogP contribution in [0.4, 0.5) is 5.69 Å². The fourth-order valence-corrected chi connectivity index (χ4v) is 4.28. The largest absolute Gasteiger partial charge is 0.399 e. The van der Waals surface area contributed by atoms with Gasteiger partial charge in [-0.2, -0.15) is 0 Å². The van der Waals surface area contributed by atoms with Crippen LogP contribution in [0.1, 0.15) is 21.0 Å². The van der Waals surface area contributed by atoms with E-state index in [-0.39, 0.29) is 0 Å². The van der Waals surface area contributed by atoms with Crippen molar-refractivity contribution in [2.24, 2.45) is 0 Å². The highest BCUT2D eigenvalue weighted by Gasteiger charge is 2.23. The lowest BCUT2D eigenvalue weighted by Crippen LogP contribution is -1.90. The normalized spacial score (nSPS) is 12.2. The first-order chi connectivity index (χ1) is 10.2. The van der Waals surface area contributed by atoms with Crippen LogP contribution in [0.25, 0.3) is 11.3 Å². The maximum absolute atomic E-state index is 5.73. The summed E-state index contributed by atoms with van der Waals surface area (Å²) in [7, 11) is 0. The Kier molecular flexibility index (Phi) is 3.08. The van der Waals surface area contributed by atoms with E-state index < -0.39 is 0 Å². The van der Waals surface area contributed by atoms with Crippen molar-refractivity contribution in [2.45, 2.75) is 12.8 Å². The summed E-state index contributed by atoms with van der Waals surface area (Å²) in [5.41, 5.74) is 11.6. The molecule has 0 bridgehead atoms. The van der Waals surface area contributed by atoms with Gasteiger partial charge in [0.05, 0.1) is 10.7 Å². The number of benzene rings is 2. The monoisotopic (exact) mass is 356 g/mol. The average molecular weight is 357 g/mol. The van der Waals surface area contributed by atoms with E-state index in [1.807, 2.05) is 23.5 Å². The van der Waals surface area contributed by atoms with Gasteiger partial charge in [-0.1, -0.05) is 34.1 Å². The van der Waals surface area contributed by atoms with Gasteiger partial charge in [-0.15, -0.1) is 11.3 Å². The molecule has 1 aliphatic rings. The van der Waals surface area contributed by atoms with Crippen LogP contribution in [0.5, 0.6) is 0 Å². The van der Waals surface area contributed by atoms with E-state index in [9.17, 15) is 0 Å². The van der Waals surface area contributed by atoms with Gasteiger partial charge < -0.3 is 5.73 Å². The molecule has 1 heterocycles. The third-order valence-corrected chi connectivity index (χ3v) is 5.30. The minimum atomic E-state index is 0.805. The predicted molar refractivity (Wildman–Crippen MR) is 91.7 cm³/mol. The Balaban J connectivity index is 1.65. The molecule has 0 amide bonds. The van der Waals surface area contributed by atoms with Crippen LogP contribution >= 0.6 is 27.3 Å². The molecule has 0 unspecified atom stereocenters. The zero-order chi connectivity index (χ0) is 14.4. The topological polar surface area (TPSA) is 38.9 Å². The maximum Gasteiger partial charge on any atom is 0.0979 e. The molecule has 2 N–H and O–H groups in total. The molecule has 0 atom stereocenters. The van der Waals surface area contributed by atoms with Crippen LogP contribution in [0.3, 0.4) is 0 Å². The molecule has 0 saturated carbocycles. The molecule has 1 aromatic heterocycles. The number of nitrogen functional groups attached to an aromatic ring is 1. The van der Waals surface area contributed by atoms with Crippen molar-refractivity contribution in [1.82, 2.24) is 4.98 Å². The molecule has 0 aliphatic heterocycles. The molecule has 0 radical (unpaired) electrons. The van der Waals surface area contributed by atoms with Gasteiger partial charge >= 0.3 is 0 Å². The first-order valence-electron chi connectivity index (χ1n) is 6.81. The molecule has 2 aromatic carbocycles. The molecule has 4 rings (SSSR count). The molecule has 3 aromatic rings. The highest BCUT2D eigenvalue weighted by molar-refractivity contribution is 9.10. The SMILES string of the molecule is Nc1ccc(Cc2nc3c(s2)Cc2cc(Br)ccc2-3)cc1. The summed E-state index contributed by atoms with van der Waals surface area (Å²) in [5, 5.41) is 1.18. The third kappa shape index (κ3) is 2.39. The fourth-order valence-electron chi connectivity index (χ4n) is 2.73. The number of thiazole rings is 1. The molecular weight excluding hydrogens is 344 g/mol. The van der Waals surface area contributed by atoms with Gasteiger partial charge in [0.15, 0.2) is 0 Å². The number of hydrogen-bond donors (Lipinski definition) is 1. The van der Waals surface area contributed by atoms with Crippen molar-refractivity contribution >= 4 is 33.0 Å². The van der Waals surface area contributed by atoms with Crippen LogP contribution in [-0.2, 0) is 12.8 Å². The van der Waals surface area contributed by atoms with Crippen molar-refractivity contribution in [2.75, 3.05) is 5.73 Å². The summed E-state index contributed by atoms with van der Waals surface area (Å²) >= 11 is 5.36. The minimum absolute atomic E-state index is 0.805. The Morgan fingerprint density at radius 1 is 1.14 bits per heavy atom. The van der Waals surface area contributed by atoms with Crippen molar-refractivity contribution in [1.29, 1.82) is 0 Å². The molecular formula is C17H13BrN2S. The van der Waals surface area contributed by atoms with Gasteiger partial charge in [-0.3, -0.25) is 0 Å². The number of anilines is 1. The number of hydrogen-bond acceptors (Lipinski definition) is 3. The molecule has 21 heavy (non-hydrogen) atoms. The quantitative estimate of drug-likeness (QED) is 0.531. The smallest absolute Gasteiger partial charge is 0.0979 e. The van der Waals surface area contributed by atoms with Crippen LogP contribution in [0, 0.1) is 0 Å². The highest BCUT2D eigenvalue weighted by Crippen LogP contribution is 2.40. The third-order valence-electron chi connectivity index (χ3n) is 3.75. The average Bonchev–Trinajstić information content (AvgIpc) is 2.97. The molecule has 2 nitrogen and oxygen atoms in total. The van der Waals surface area contributed by atoms with Crippen LogP contribution in [0.15, 0.2) is 46.9 Å². The summed E-state index contributed by atoms with van der Waals surface area (Å²) in [6.45, 7) is 0. The first-order valence-corrected chi connectivity index (χ1v) is 8.42. The number of aromatic nitrogens is 1. The standard InChI is InChI=1S/C17H13BrN2S/c18-12-3-6-14-11(8-12)9-15-17(14)20-16(21-15)7-10-1-4-13(19)5-2-10/h1-6,8H,7,9,19H2. The van der Waals surface area contributed by atoms with Gasteiger partial charge in [0, 0.05) is 33.4 Å². The lowest BCUT2D eigenvalue weighted by Gasteiger charge is -2.01. The molecule has 1 aliphatic carbocycles. The zero-order valence-electron chi connectivity index (χ0n) is 11.3. The number of nitrogens with two attached hydrogens (primary N) is 1. The number of halogens is 1. The van der Waals surface area contributed by atoms with E-state index in [4.69, 9.17) is 10.7 Å². The van der Waals surface area contributed by atoms with Gasteiger partial charge in [0.2, 0.25) is 0 Å². The summed E-state index contributed by atoms with van der Waals surface area (Å²) in [5.74, 6) is 0. The Labute approximate surface area is 135 Å². The van der Waals surface area contributed by atoms with Gasteiger partial charge in [0.1, 0.15) is 0 Å². The van der Waals surface area contributed by atoms with Crippen LogP contribution < -0.4 is 5.73 Å². The number of nitrogens with zero attached hydrogens (tertiary/aromatic N) is 1. The summed E-state index contributed by atoms with van der Waals surface area (Å²) in [6, 6.07) is 14.5. The Hall–Kier alpha value is -1.65. The maximum atomic E-state index is 5.73. The summed E-state index contributed by atoms with van der Waals surface area (Å²) in [6.07, 6.45) is 1.88. The zero-order valence-corrected chi connectivity index (χ0v) is 13.7. The Morgan fingerprint density at radius 2 is 1.95 bits per heavy atom. The number of rotatable bonds is 2. The first kappa shape index (κ1) is 13.0. The van der Waals surface area contributed by atoms with Gasteiger partial charge in [-0.05, 0) is 35.4 Å². The highest BCUT2D eigenvalue weighted by atomic mass is 79.9. The lowest BCUT2D eigenvalue weighted by atomic mass is 10.1. The van der Waals surface area contributed by atoms with E-state index in [2.05, 4.69) is 46.3 Å². The van der Waals surface area contributed by atoms with E-state index in [1.165, 1.54) is 32.3 Å². The van der Waals surface area contributed by atoms with Gasteiger partial charge in [-0.25, -0.2) is 4.98 Å². The summed E-state index contributed by atoms with van der Waals surface area (Å²) < 4.78 is 1.14. The molecule has 4 heteroatoms. The predicted octanol–water partition coefficient (Wildman–Crippen LogP) is 4.65. The number of fused-ring (bicyclic) bond motifs is 3. The second-order valence-corrected chi connectivity index (χ2v) is 7.36. The second-order valence-electron chi connectivity index (χ2n) is 5.28. The van der Waals surface area contributed by atoms with E-state index in [1.54, 1.807) is 0 Å². The fraction of sp³-hybridized carbons (Fsp3) is 0.118. The molecule has 104 valence electrons. The van der Waals surface area contributed by atoms with E-state index in [0.717, 1.165) is 23.0 Å². The Morgan fingerprint density at radius 3 is 2.76 bits per heavy atom. The van der Waals surface area contributed by atoms with Gasteiger partial charge in [0.25, 0.3) is 0 Å². The molecule has 0 spiro atoms. The van der Waals surface area contributed by atoms with Crippen molar-refractivity contribution in [3.63, 3.8) is 0 Å². The van der Waals surface area contributed by atoms with Crippen molar-refractivity contribution in [3.05, 3.63) is 67.9 Å². The van der Waals surface area contributed by atoms with Crippen molar-refractivity contribution < 1.29 is 0 Å². The van der Waals surface area contributed by atoms with Crippen LogP contribution in [0.2, 0.25) is 0 Å². The lowest BCUT2D eigenvalue weighted by molar-refractivity contribution is 1.14. The van der Waals surface area contributed by atoms with E-state index >= 15 is 0 Å². The summed E-state index contributed by atoms with van der Waals surface area (Å²) in [4.78, 5) is 6.23. The van der Waals surface area contributed by atoms with Crippen LogP contribution in [-0.4, -0.2) is 4.98 Å². The Bertz CT molecular complexity index is 821.